The number of aliphatic hydroxyl groups excluding tert-OH is 1. The summed E-state index contributed by atoms with van der Waals surface area (Å²) in [7, 11) is 0. The topological polar surface area (TPSA) is 32.3 Å². The maximum atomic E-state index is 9.32. The molecular formula is C16H27NO. The second-order valence-electron chi connectivity index (χ2n) is 5.11. The molecule has 0 aliphatic carbocycles. The summed E-state index contributed by atoms with van der Waals surface area (Å²) in [6.45, 7) is 4.64. The Hall–Kier alpha value is -0.860. The Morgan fingerprint density at radius 1 is 1.17 bits per heavy atom. The number of benzene rings is 1. The summed E-state index contributed by atoms with van der Waals surface area (Å²) >= 11 is 0. The molecule has 0 aliphatic rings. The van der Waals surface area contributed by atoms with Gasteiger partial charge < -0.3 is 10.4 Å². The normalized spacial score (nSPS) is 14.4. The summed E-state index contributed by atoms with van der Waals surface area (Å²) < 4.78 is 0. The van der Waals surface area contributed by atoms with Gasteiger partial charge in [0, 0.05) is 12.1 Å². The van der Waals surface area contributed by atoms with Gasteiger partial charge >= 0.3 is 0 Å². The van der Waals surface area contributed by atoms with Gasteiger partial charge in [0.2, 0.25) is 0 Å². The molecule has 0 heterocycles. The first kappa shape index (κ1) is 15.2. The van der Waals surface area contributed by atoms with Crippen LogP contribution in [0.4, 0.5) is 0 Å². The monoisotopic (exact) mass is 249 g/mol. The molecular weight excluding hydrogens is 222 g/mol. The first-order valence-corrected chi connectivity index (χ1v) is 7.17. The van der Waals surface area contributed by atoms with Crippen LogP contribution in [0.3, 0.4) is 0 Å². The molecule has 2 nitrogen and oxygen atoms in total. The lowest BCUT2D eigenvalue weighted by Crippen LogP contribution is -2.39. The molecule has 0 aliphatic heterocycles. The largest absolute Gasteiger partial charge is 0.395 e. The van der Waals surface area contributed by atoms with Gasteiger partial charge in [-0.1, -0.05) is 50.1 Å². The highest BCUT2D eigenvalue weighted by molar-refractivity contribution is 5.14. The molecule has 2 heteroatoms. The zero-order valence-electron chi connectivity index (χ0n) is 11.7. The van der Waals surface area contributed by atoms with Crippen LogP contribution in [-0.2, 0) is 6.42 Å². The Labute approximate surface area is 111 Å². The molecule has 0 saturated carbocycles. The van der Waals surface area contributed by atoms with Gasteiger partial charge in [0.05, 0.1) is 6.61 Å². The predicted octanol–water partition coefficient (Wildman–Crippen LogP) is 3.15. The second-order valence-corrected chi connectivity index (χ2v) is 5.11. The van der Waals surface area contributed by atoms with Crippen molar-refractivity contribution in [1.29, 1.82) is 0 Å². The zero-order chi connectivity index (χ0) is 13.2. The lowest BCUT2D eigenvalue weighted by Gasteiger charge is -2.21. The smallest absolute Gasteiger partial charge is 0.0584 e. The molecule has 102 valence electrons. The maximum absolute atomic E-state index is 9.32. The van der Waals surface area contributed by atoms with Crippen LogP contribution in [0.15, 0.2) is 30.3 Å². The summed E-state index contributed by atoms with van der Waals surface area (Å²) in [5.41, 5.74) is 1.39. The van der Waals surface area contributed by atoms with Gasteiger partial charge in [-0.2, -0.15) is 0 Å². The quantitative estimate of drug-likeness (QED) is 0.704. The van der Waals surface area contributed by atoms with Gasteiger partial charge in [-0.15, -0.1) is 0 Å². The van der Waals surface area contributed by atoms with Gasteiger partial charge in [0.1, 0.15) is 0 Å². The van der Waals surface area contributed by atoms with E-state index in [1.165, 1.54) is 18.4 Å². The Kier molecular flexibility index (Phi) is 7.70. The van der Waals surface area contributed by atoms with Crippen LogP contribution in [0.1, 0.15) is 45.1 Å². The van der Waals surface area contributed by atoms with Gasteiger partial charge in [-0.05, 0) is 31.7 Å². The minimum absolute atomic E-state index is 0.246. The van der Waals surface area contributed by atoms with Crippen LogP contribution in [0.2, 0.25) is 0 Å². The SMILES string of the molecule is CCCC[C@H](CO)N[C@@H](C)CCc1ccccc1. The van der Waals surface area contributed by atoms with Crippen LogP contribution in [0.5, 0.6) is 0 Å². The Morgan fingerprint density at radius 3 is 2.50 bits per heavy atom. The molecule has 0 bridgehead atoms. The molecule has 0 amide bonds. The van der Waals surface area contributed by atoms with Crippen molar-refractivity contribution in [2.45, 2.75) is 58.0 Å². The molecule has 0 fully saturated rings. The van der Waals surface area contributed by atoms with E-state index >= 15 is 0 Å². The van der Waals surface area contributed by atoms with Crippen LogP contribution >= 0.6 is 0 Å². The van der Waals surface area contributed by atoms with E-state index in [-0.39, 0.29) is 12.6 Å². The van der Waals surface area contributed by atoms with Gasteiger partial charge in [-0.25, -0.2) is 0 Å². The van der Waals surface area contributed by atoms with E-state index in [4.69, 9.17) is 0 Å². The molecule has 0 spiro atoms. The fourth-order valence-corrected chi connectivity index (χ4v) is 2.19. The first-order chi connectivity index (χ1) is 8.76. The van der Waals surface area contributed by atoms with Crippen molar-refractivity contribution in [3.8, 4) is 0 Å². The molecule has 1 rings (SSSR count). The Bertz CT molecular complexity index is 299. The molecule has 0 unspecified atom stereocenters. The molecule has 18 heavy (non-hydrogen) atoms. The summed E-state index contributed by atoms with van der Waals surface area (Å²) in [6, 6.07) is 11.3. The van der Waals surface area contributed by atoms with Gasteiger partial charge in [0.15, 0.2) is 0 Å². The van der Waals surface area contributed by atoms with Crippen LogP contribution in [0.25, 0.3) is 0 Å². The minimum atomic E-state index is 0.246. The van der Waals surface area contributed by atoms with E-state index < -0.39 is 0 Å². The lowest BCUT2D eigenvalue weighted by molar-refractivity contribution is 0.222. The first-order valence-electron chi connectivity index (χ1n) is 7.17. The number of hydrogen-bond donors (Lipinski definition) is 2. The molecule has 0 radical (unpaired) electrons. The van der Waals surface area contributed by atoms with Crippen molar-refractivity contribution in [3.05, 3.63) is 35.9 Å². The fourth-order valence-electron chi connectivity index (χ4n) is 2.19. The van der Waals surface area contributed by atoms with Crippen molar-refractivity contribution < 1.29 is 5.11 Å². The number of rotatable bonds is 9. The highest BCUT2D eigenvalue weighted by Crippen LogP contribution is 2.07. The van der Waals surface area contributed by atoms with E-state index in [1.54, 1.807) is 0 Å². The number of nitrogens with one attached hydrogen (secondary N) is 1. The maximum Gasteiger partial charge on any atom is 0.0584 e. The molecule has 1 aromatic rings. The molecule has 0 saturated heterocycles. The summed E-state index contributed by atoms with van der Waals surface area (Å²) in [4.78, 5) is 0. The molecule has 2 atom stereocenters. The summed E-state index contributed by atoms with van der Waals surface area (Å²) in [5, 5.41) is 12.8. The Balaban J connectivity index is 2.25. The van der Waals surface area contributed by atoms with Crippen molar-refractivity contribution in [3.63, 3.8) is 0 Å². The Morgan fingerprint density at radius 2 is 1.89 bits per heavy atom. The molecule has 2 N–H and O–H groups in total. The van der Waals surface area contributed by atoms with Crippen LogP contribution < -0.4 is 5.32 Å². The van der Waals surface area contributed by atoms with E-state index in [2.05, 4.69) is 49.5 Å². The predicted molar refractivity (Wildman–Crippen MR) is 77.8 cm³/mol. The van der Waals surface area contributed by atoms with E-state index in [1.807, 2.05) is 0 Å². The third kappa shape index (κ3) is 6.18. The summed E-state index contributed by atoms with van der Waals surface area (Å²) in [6.07, 6.45) is 5.66. The standard InChI is InChI=1S/C16H27NO/c1-3-4-10-16(13-18)17-14(2)11-12-15-8-6-5-7-9-15/h5-9,14,16-18H,3-4,10-13H2,1-2H3/t14-,16+/m0/s1. The fraction of sp³-hybridized carbons (Fsp3) is 0.625. The highest BCUT2D eigenvalue weighted by Gasteiger charge is 2.10. The molecule has 1 aromatic carbocycles. The third-order valence-electron chi connectivity index (χ3n) is 3.36. The molecule has 0 aromatic heterocycles. The summed E-state index contributed by atoms with van der Waals surface area (Å²) in [5.74, 6) is 0. The van der Waals surface area contributed by atoms with Crippen molar-refractivity contribution in [2.24, 2.45) is 0 Å². The van der Waals surface area contributed by atoms with Crippen molar-refractivity contribution >= 4 is 0 Å². The average molecular weight is 249 g/mol. The van der Waals surface area contributed by atoms with Gasteiger partial charge in [0.25, 0.3) is 0 Å². The average Bonchev–Trinajstić information content (AvgIpc) is 2.42. The number of hydrogen-bond acceptors (Lipinski definition) is 2. The van der Waals surface area contributed by atoms with Gasteiger partial charge in [-0.3, -0.25) is 0 Å². The van der Waals surface area contributed by atoms with Crippen molar-refractivity contribution in [1.82, 2.24) is 5.32 Å². The van der Waals surface area contributed by atoms with Crippen LogP contribution in [-0.4, -0.2) is 23.8 Å². The second kappa shape index (κ2) is 9.12. The number of unbranched alkanes of at least 4 members (excludes halogenated alkanes) is 1. The highest BCUT2D eigenvalue weighted by atomic mass is 16.3. The van der Waals surface area contributed by atoms with E-state index in [9.17, 15) is 5.11 Å². The van der Waals surface area contributed by atoms with E-state index in [0.717, 1.165) is 19.3 Å². The third-order valence-corrected chi connectivity index (χ3v) is 3.36. The van der Waals surface area contributed by atoms with E-state index in [0.29, 0.717) is 6.04 Å². The van der Waals surface area contributed by atoms with Crippen LogP contribution in [0, 0.1) is 0 Å². The number of aliphatic hydroxyl groups is 1. The van der Waals surface area contributed by atoms with Crippen molar-refractivity contribution in [2.75, 3.05) is 6.61 Å². The number of aryl methyl sites for hydroxylation is 1. The minimum Gasteiger partial charge on any atom is -0.395 e. The lowest BCUT2D eigenvalue weighted by atomic mass is 10.0. The zero-order valence-corrected chi connectivity index (χ0v) is 11.7.